The Morgan fingerprint density at radius 1 is 1.39 bits per heavy atom. The average molecular weight is 303 g/mol. The van der Waals surface area contributed by atoms with Gasteiger partial charge in [0, 0.05) is 5.75 Å². The fourth-order valence-electron chi connectivity index (χ4n) is 1.80. The molecule has 0 radical (unpaired) electrons. The van der Waals surface area contributed by atoms with Crippen LogP contribution in [0.15, 0.2) is 23.2 Å². The van der Waals surface area contributed by atoms with Gasteiger partial charge in [0.05, 0.1) is 21.8 Å². The number of anilines is 1. The monoisotopic (exact) mass is 302 g/mol. The molecule has 0 spiro atoms. The lowest BCUT2D eigenvalue weighted by Gasteiger charge is -2.23. The summed E-state index contributed by atoms with van der Waals surface area (Å²) in [5, 5.41) is 5.31. The van der Waals surface area contributed by atoms with Gasteiger partial charge < -0.3 is 5.32 Å². The van der Waals surface area contributed by atoms with E-state index < -0.39 is 0 Å². The van der Waals surface area contributed by atoms with E-state index in [1.54, 1.807) is 17.8 Å². The highest BCUT2D eigenvalue weighted by Crippen LogP contribution is 2.31. The quantitative estimate of drug-likeness (QED) is 0.838. The van der Waals surface area contributed by atoms with Crippen molar-refractivity contribution < 1.29 is 0 Å². The molecule has 5 heteroatoms. The number of nitrogens with one attached hydrogen (secondary N) is 1. The minimum atomic E-state index is 0.395. The summed E-state index contributed by atoms with van der Waals surface area (Å²) in [6, 6.07) is 5.97. The molecule has 0 amide bonds. The predicted molar refractivity (Wildman–Crippen MR) is 83.2 cm³/mol. The van der Waals surface area contributed by atoms with E-state index in [0.717, 1.165) is 23.0 Å². The Labute approximate surface area is 122 Å². The van der Waals surface area contributed by atoms with Gasteiger partial charge in [-0.2, -0.15) is 0 Å². The summed E-state index contributed by atoms with van der Waals surface area (Å²) in [4.78, 5) is 4.71. The first-order chi connectivity index (χ1) is 8.58. The molecule has 1 aliphatic rings. The highest BCUT2D eigenvalue weighted by Gasteiger charge is 2.19. The molecule has 1 unspecified atom stereocenters. The van der Waals surface area contributed by atoms with Crippen LogP contribution in [0.4, 0.5) is 5.69 Å². The Balaban J connectivity index is 2.16. The normalized spacial score (nSPS) is 19.8. The van der Waals surface area contributed by atoms with Crippen LogP contribution in [-0.2, 0) is 0 Å². The fraction of sp³-hybridized carbons (Fsp3) is 0.462. The molecule has 1 heterocycles. The lowest BCUT2D eigenvalue weighted by molar-refractivity contribution is 0.485. The maximum Gasteiger partial charge on any atom is 0.161 e. The summed E-state index contributed by atoms with van der Waals surface area (Å²) in [5.41, 5.74) is 0.819. The number of thioether (sulfide) groups is 1. The van der Waals surface area contributed by atoms with Crippen LogP contribution in [0.5, 0.6) is 0 Å². The second-order valence-corrected chi connectivity index (χ2v) is 6.48. The fourth-order valence-corrected chi connectivity index (χ4v) is 3.09. The van der Waals surface area contributed by atoms with Gasteiger partial charge in [0.15, 0.2) is 5.17 Å². The number of rotatable bonds is 2. The summed E-state index contributed by atoms with van der Waals surface area (Å²) in [7, 11) is 0. The zero-order valence-electron chi connectivity index (χ0n) is 10.4. The van der Waals surface area contributed by atoms with Gasteiger partial charge >= 0.3 is 0 Å². The van der Waals surface area contributed by atoms with Crippen LogP contribution in [0.2, 0.25) is 10.0 Å². The average Bonchev–Trinajstić information content (AvgIpc) is 2.35. The van der Waals surface area contributed by atoms with Crippen molar-refractivity contribution in [2.24, 2.45) is 10.9 Å². The Hall–Kier alpha value is -0.380. The number of aliphatic imine (C=N–C) groups is 1. The number of hydrogen-bond acceptors (Lipinski definition) is 3. The molecule has 1 aromatic carbocycles. The predicted octanol–water partition coefficient (Wildman–Crippen LogP) is 4.92. The molecule has 18 heavy (non-hydrogen) atoms. The van der Waals surface area contributed by atoms with Crippen molar-refractivity contribution in [2.45, 2.75) is 26.3 Å². The topological polar surface area (TPSA) is 24.4 Å². The first-order valence-corrected chi connectivity index (χ1v) is 7.73. The van der Waals surface area contributed by atoms with Crippen LogP contribution in [0, 0.1) is 5.92 Å². The van der Waals surface area contributed by atoms with Gasteiger partial charge in [0.2, 0.25) is 0 Å². The number of nitrogens with zero attached hydrogens (tertiary/aromatic N) is 1. The van der Waals surface area contributed by atoms with Crippen molar-refractivity contribution in [3.8, 4) is 0 Å². The SMILES string of the molecule is CC(C)C1CCSC(Nc2cccc(Cl)c2Cl)=N1. The summed E-state index contributed by atoms with van der Waals surface area (Å²) in [6.07, 6.45) is 1.14. The van der Waals surface area contributed by atoms with Crippen molar-refractivity contribution in [2.75, 3.05) is 11.1 Å². The van der Waals surface area contributed by atoms with Crippen molar-refractivity contribution >= 4 is 45.8 Å². The van der Waals surface area contributed by atoms with Gasteiger partial charge in [-0.25, -0.2) is 0 Å². The summed E-state index contributed by atoms with van der Waals surface area (Å²) < 4.78 is 0. The molecule has 0 aliphatic carbocycles. The third-order valence-corrected chi connectivity index (χ3v) is 4.64. The molecular weight excluding hydrogens is 287 g/mol. The van der Waals surface area contributed by atoms with Crippen molar-refractivity contribution in [1.29, 1.82) is 0 Å². The van der Waals surface area contributed by atoms with Crippen molar-refractivity contribution in [3.63, 3.8) is 0 Å². The second-order valence-electron chi connectivity index (χ2n) is 4.61. The first kappa shape index (κ1) is 14.0. The van der Waals surface area contributed by atoms with E-state index in [4.69, 9.17) is 28.2 Å². The standard InChI is InChI=1S/C13H16Cl2N2S/c1-8(2)10-6-7-18-13(16-10)17-11-5-3-4-9(14)12(11)15/h3-5,8,10H,6-7H2,1-2H3,(H,16,17). The third-order valence-electron chi connectivity index (χ3n) is 2.90. The van der Waals surface area contributed by atoms with Crippen LogP contribution < -0.4 is 5.32 Å². The van der Waals surface area contributed by atoms with Gasteiger partial charge in [-0.1, -0.05) is 54.9 Å². The zero-order chi connectivity index (χ0) is 13.1. The highest BCUT2D eigenvalue weighted by molar-refractivity contribution is 8.14. The Bertz CT molecular complexity index is 460. The van der Waals surface area contributed by atoms with Crippen molar-refractivity contribution in [1.82, 2.24) is 0 Å². The minimum absolute atomic E-state index is 0.395. The van der Waals surface area contributed by atoms with Gasteiger partial charge in [0.1, 0.15) is 0 Å². The lowest BCUT2D eigenvalue weighted by atomic mass is 10.0. The molecule has 0 saturated heterocycles. The van der Waals surface area contributed by atoms with E-state index in [2.05, 4.69) is 19.2 Å². The third kappa shape index (κ3) is 3.34. The molecule has 2 rings (SSSR count). The summed E-state index contributed by atoms with van der Waals surface area (Å²) >= 11 is 13.9. The lowest BCUT2D eigenvalue weighted by Crippen LogP contribution is -2.23. The molecule has 2 nitrogen and oxygen atoms in total. The molecule has 0 fully saturated rings. The molecule has 98 valence electrons. The molecule has 0 saturated carbocycles. The minimum Gasteiger partial charge on any atom is -0.334 e. The van der Waals surface area contributed by atoms with E-state index in [1.165, 1.54) is 0 Å². The van der Waals surface area contributed by atoms with Gasteiger partial charge in [-0.3, -0.25) is 4.99 Å². The van der Waals surface area contributed by atoms with Crippen LogP contribution in [0.25, 0.3) is 0 Å². The van der Waals surface area contributed by atoms with E-state index in [9.17, 15) is 0 Å². The Morgan fingerprint density at radius 2 is 2.17 bits per heavy atom. The largest absolute Gasteiger partial charge is 0.334 e. The molecule has 1 aromatic rings. The molecule has 0 aromatic heterocycles. The van der Waals surface area contributed by atoms with Crippen molar-refractivity contribution in [3.05, 3.63) is 28.2 Å². The Morgan fingerprint density at radius 3 is 2.89 bits per heavy atom. The number of halogens is 2. The maximum atomic E-state index is 6.15. The number of hydrogen-bond donors (Lipinski definition) is 1. The molecule has 0 bridgehead atoms. The second kappa shape index (κ2) is 6.18. The van der Waals surface area contributed by atoms with E-state index in [0.29, 0.717) is 22.0 Å². The van der Waals surface area contributed by atoms with Gasteiger partial charge in [0.25, 0.3) is 0 Å². The molecule has 1 aliphatic heterocycles. The summed E-state index contributed by atoms with van der Waals surface area (Å²) in [5.74, 6) is 1.66. The van der Waals surface area contributed by atoms with Crippen LogP contribution >= 0.6 is 35.0 Å². The summed E-state index contributed by atoms with van der Waals surface area (Å²) in [6.45, 7) is 4.41. The van der Waals surface area contributed by atoms with E-state index in [1.807, 2.05) is 12.1 Å². The van der Waals surface area contributed by atoms with Gasteiger partial charge in [-0.05, 0) is 24.5 Å². The van der Waals surface area contributed by atoms with E-state index >= 15 is 0 Å². The van der Waals surface area contributed by atoms with Crippen LogP contribution in [0.1, 0.15) is 20.3 Å². The smallest absolute Gasteiger partial charge is 0.161 e. The number of benzene rings is 1. The first-order valence-electron chi connectivity index (χ1n) is 5.99. The van der Waals surface area contributed by atoms with E-state index in [-0.39, 0.29) is 0 Å². The zero-order valence-corrected chi connectivity index (χ0v) is 12.7. The maximum absolute atomic E-state index is 6.15. The van der Waals surface area contributed by atoms with Crippen LogP contribution in [0.3, 0.4) is 0 Å². The number of amidine groups is 1. The van der Waals surface area contributed by atoms with Gasteiger partial charge in [-0.15, -0.1) is 0 Å². The Kier molecular flexibility index (Phi) is 4.82. The van der Waals surface area contributed by atoms with Crippen LogP contribution in [-0.4, -0.2) is 17.0 Å². The molecular formula is C13H16Cl2N2S. The highest BCUT2D eigenvalue weighted by atomic mass is 35.5. The molecule has 1 N–H and O–H groups in total. The molecule has 1 atom stereocenters.